The Labute approximate surface area is 190 Å². The summed E-state index contributed by atoms with van der Waals surface area (Å²) >= 11 is 0. The summed E-state index contributed by atoms with van der Waals surface area (Å²) in [5.74, 6) is 3.15. The highest BCUT2D eigenvalue weighted by Gasteiger charge is 2.12. The first-order valence-electron chi connectivity index (χ1n) is 11.1. The van der Waals surface area contributed by atoms with Gasteiger partial charge in [-0.25, -0.2) is 4.98 Å². The summed E-state index contributed by atoms with van der Waals surface area (Å²) < 4.78 is 14.4. The van der Waals surface area contributed by atoms with Gasteiger partial charge in [-0.3, -0.25) is 0 Å². The summed E-state index contributed by atoms with van der Waals surface area (Å²) in [6.45, 7) is 9.86. The number of rotatable bonds is 10. The van der Waals surface area contributed by atoms with E-state index >= 15 is 0 Å². The second-order valence-electron chi connectivity index (χ2n) is 8.13. The molecular formula is C28H30N2O2. The van der Waals surface area contributed by atoms with E-state index in [0.717, 1.165) is 40.3 Å². The molecule has 0 amide bonds. The fourth-order valence-electron chi connectivity index (χ4n) is 3.80. The van der Waals surface area contributed by atoms with Crippen molar-refractivity contribution < 1.29 is 9.47 Å². The van der Waals surface area contributed by atoms with Crippen LogP contribution in [0.4, 0.5) is 0 Å². The van der Waals surface area contributed by atoms with Crippen LogP contribution < -0.4 is 9.47 Å². The molecule has 1 heterocycles. The van der Waals surface area contributed by atoms with Crippen molar-refractivity contribution in [2.24, 2.45) is 0 Å². The smallest absolute Gasteiger partial charge is 0.148 e. The Hall–Kier alpha value is -3.53. The summed E-state index contributed by atoms with van der Waals surface area (Å²) in [6, 6.07) is 24.6. The zero-order chi connectivity index (χ0) is 22.3. The molecule has 0 saturated carbocycles. The Morgan fingerprint density at radius 2 is 1.69 bits per heavy atom. The van der Waals surface area contributed by atoms with Gasteiger partial charge in [0.25, 0.3) is 0 Å². The Bertz CT molecular complexity index is 1180. The minimum absolute atomic E-state index is 0.406. The molecule has 0 spiro atoms. The molecule has 0 N–H and O–H groups in total. The molecular weight excluding hydrogens is 396 g/mol. The highest BCUT2D eigenvalue weighted by molar-refractivity contribution is 5.75. The second-order valence-corrected chi connectivity index (χ2v) is 8.13. The second kappa shape index (κ2) is 10.2. The maximum Gasteiger partial charge on any atom is 0.148 e. The molecule has 164 valence electrons. The third-order valence-electron chi connectivity index (χ3n) is 5.56. The summed E-state index contributed by atoms with van der Waals surface area (Å²) in [7, 11) is 0. The quantitative estimate of drug-likeness (QED) is 0.270. The molecule has 4 nitrogen and oxygen atoms in total. The van der Waals surface area contributed by atoms with Crippen LogP contribution in [-0.2, 0) is 19.6 Å². The SMILES string of the molecule is C=CCc1ccccc1OCCn1c(COc2ccc(C(C)C)cc2)nc2ccccc21. The van der Waals surface area contributed by atoms with Gasteiger partial charge < -0.3 is 14.0 Å². The van der Waals surface area contributed by atoms with Gasteiger partial charge in [0.1, 0.15) is 30.5 Å². The zero-order valence-electron chi connectivity index (χ0n) is 18.8. The summed E-state index contributed by atoms with van der Waals surface area (Å²) in [4.78, 5) is 4.82. The maximum atomic E-state index is 6.13. The average molecular weight is 427 g/mol. The van der Waals surface area contributed by atoms with Crippen molar-refractivity contribution in [2.45, 2.75) is 39.3 Å². The molecule has 4 aromatic rings. The molecule has 0 fully saturated rings. The number of benzene rings is 3. The number of hydrogen-bond acceptors (Lipinski definition) is 3. The summed E-state index contributed by atoms with van der Waals surface area (Å²) in [6.07, 6.45) is 2.69. The molecule has 32 heavy (non-hydrogen) atoms. The lowest BCUT2D eigenvalue weighted by atomic mass is 10.0. The van der Waals surface area contributed by atoms with Gasteiger partial charge in [-0.05, 0) is 53.8 Å². The molecule has 0 aliphatic heterocycles. The minimum Gasteiger partial charge on any atom is -0.491 e. The van der Waals surface area contributed by atoms with E-state index in [1.807, 2.05) is 54.6 Å². The lowest BCUT2D eigenvalue weighted by Crippen LogP contribution is -2.13. The average Bonchev–Trinajstić information content (AvgIpc) is 3.17. The van der Waals surface area contributed by atoms with Gasteiger partial charge in [0.05, 0.1) is 17.6 Å². The monoisotopic (exact) mass is 426 g/mol. The van der Waals surface area contributed by atoms with Gasteiger partial charge in [0, 0.05) is 0 Å². The highest BCUT2D eigenvalue weighted by Crippen LogP contribution is 2.22. The van der Waals surface area contributed by atoms with E-state index in [4.69, 9.17) is 14.5 Å². The van der Waals surface area contributed by atoms with E-state index in [1.165, 1.54) is 5.56 Å². The molecule has 0 bridgehead atoms. The van der Waals surface area contributed by atoms with Crippen molar-refractivity contribution >= 4 is 11.0 Å². The zero-order valence-corrected chi connectivity index (χ0v) is 18.8. The van der Waals surface area contributed by atoms with Gasteiger partial charge in [-0.2, -0.15) is 0 Å². The summed E-state index contributed by atoms with van der Waals surface area (Å²) in [5, 5.41) is 0. The van der Waals surface area contributed by atoms with Gasteiger partial charge in [0.2, 0.25) is 0 Å². The number of aromatic nitrogens is 2. The first kappa shape index (κ1) is 21.7. The fraction of sp³-hybridized carbons (Fsp3) is 0.250. The number of para-hydroxylation sites is 3. The number of ether oxygens (including phenoxy) is 2. The topological polar surface area (TPSA) is 36.3 Å². The third-order valence-corrected chi connectivity index (χ3v) is 5.56. The number of nitrogens with zero attached hydrogens (tertiary/aromatic N) is 2. The van der Waals surface area contributed by atoms with Crippen LogP contribution in [0.5, 0.6) is 11.5 Å². The van der Waals surface area contributed by atoms with E-state index in [2.05, 4.69) is 49.3 Å². The largest absolute Gasteiger partial charge is 0.491 e. The standard InChI is InChI=1S/C28H30N2O2/c1-4-9-23-10-5-8-13-27(23)31-19-18-30-26-12-7-6-11-25(26)29-28(30)20-32-24-16-14-22(15-17-24)21(2)3/h4-8,10-17,21H,1,9,18-20H2,2-3H3. The van der Waals surface area contributed by atoms with Crippen LogP contribution in [0.25, 0.3) is 11.0 Å². The fourth-order valence-corrected chi connectivity index (χ4v) is 3.80. The molecule has 0 saturated heterocycles. The lowest BCUT2D eigenvalue weighted by Gasteiger charge is -2.14. The molecule has 1 aromatic heterocycles. The Morgan fingerprint density at radius 3 is 2.47 bits per heavy atom. The van der Waals surface area contributed by atoms with E-state index in [9.17, 15) is 0 Å². The Morgan fingerprint density at radius 1 is 0.938 bits per heavy atom. The summed E-state index contributed by atoms with van der Waals surface area (Å²) in [5.41, 5.74) is 4.50. The minimum atomic E-state index is 0.406. The van der Waals surface area contributed by atoms with E-state index in [-0.39, 0.29) is 0 Å². The maximum absolute atomic E-state index is 6.13. The van der Waals surface area contributed by atoms with E-state index in [0.29, 0.717) is 25.7 Å². The van der Waals surface area contributed by atoms with E-state index in [1.54, 1.807) is 0 Å². The third kappa shape index (κ3) is 5.02. The molecule has 0 unspecified atom stereocenters. The highest BCUT2D eigenvalue weighted by atomic mass is 16.5. The van der Waals surface area contributed by atoms with Crippen molar-refractivity contribution in [3.63, 3.8) is 0 Å². The molecule has 0 aliphatic carbocycles. The molecule has 0 aliphatic rings. The first-order chi connectivity index (χ1) is 15.7. The molecule has 0 atom stereocenters. The normalized spacial score (nSPS) is 11.1. The molecule has 3 aromatic carbocycles. The van der Waals surface area contributed by atoms with Crippen LogP contribution in [0.3, 0.4) is 0 Å². The molecule has 0 radical (unpaired) electrons. The lowest BCUT2D eigenvalue weighted by molar-refractivity contribution is 0.271. The van der Waals surface area contributed by atoms with Gasteiger partial charge >= 0.3 is 0 Å². The first-order valence-corrected chi connectivity index (χ1v) is 11.1. The van der Waals surface area contributed by atoms with Crippen molar-refractivity contribution in [2.75, 3.05) is 6.61 Å². The van der Waals surface area contributed by atoms with Gasteiger partial charge in [-0.1, -0.05) is 62.4 Å². The number of hydrogen-bond donors (Lipinski definition) is 0. The van der Waals surface area contributed by atoms with Crippen LogP contribution in [0.2, 0.25) is 0 Å². The Balaban J connectivity index is 1.48. The predicted molar refractivity (Wildman–Crippen MR) is 130 cm³/mol. The van der Waals surface area contributed by atoms with Crippen LogP contribution >= 0.6 is 0 Å². The van der Waals surface area contributed by atoms with Crippen molar-refractivity contribution in [3.8, 4) is 11.5 Å². The van der Waals surface area contributed by atoms with Crippen LogP contribution in [0.15, 0.2) is 85.5 Å². The van der Waals surface area contributed by atoms with Crippen LogP contribution in [-0.4, -0.2) is 16.2 Å². The van der Waals surface area contributed by atoms with Crippen molar-refractivity contribution in [3.05, 3.63) is 102 Å². The predicted octanol–water partition coefficient (Wildman–Crippen LogP) is 6.55. The Kier molecular flexibility index (Phi) is 6.90. The van der Waals surface area contributed by atoms with Gasteiger partial charge in [-0.15, -0.1) is 6.58 Å². The van der Waals surface area contributed by atoms with Gasteiger partial charge in [0.15, 0.2) is 0 Å². The van der Waals surface area contributed by atoms with Crippen LogP contribution in [0.1, 0.15) is 36.7 Å². The van der Waals surface area contributed by atoms with Crippen LogP contribution in [0, 0.1) is 0 Å². The van der Waals surface area contributed by atoms with Crippen molar-refractivity contribution in [1.29, 1.82) is 0 Å². The number of imidazole rings is 1. The molecule has 4 heteroatoms. The molecule has 4 rings (SSSR count). The number of fused-ring (bicyclic) bond motifs is 1. The number of allylic oxidation sites excluding steroid dienone is 1. The van der Waals surface area contributed by atoms with Crippen molar-refractivity contribution in [1.82, 2.24) is 9.55 Å². The van der Waals surface area contributed by atoms with E-state index < -0.39 is 0 Å².